The molecule has 0 fully saturated rings. The Labute approximate surface area is 167 Å². The van der Waals surface area contributed by atoms with Crippen LogP contribution in [0.5, 0.6) is 0 Å². The van der Waals surface area contributed by atoms with E-state index in [2.05, 4.69) is 4.99 Å². The molecule has 0 radical (unpaired) electrons. The van der Waals surface area contributed by atoms with Crippen molar-refractivity contribution in [3.63, 3.8) is 0 Å². The van der Waals surface area contributed by atoms with Gasteiger partial charge in [-0.3, -0.25) is 9.79 Å². The van der Waals surface area contributed by atoms with Crippen LogP contribution in [0.2, 0.25) is 5.02 Å². The molecule has 0 N–H and O–H groups in total. The van der Waals surface area contributed by atoms with Crippen LogP contribution in [0.3, 0.4) is 0 Å². The average Bonchev–Trinajstić information content (AvgIpc) is 3.16. The van der Waals surface area contributed by atoms with E-state index in [0.29, 0.717) is 28.0 Å². The first-order chi connectivity index (χ1) is 13.4. The molecular weight excluding hydrogens is 382 g/mol. The van der Waals surface area contributed by atoms with Gasteiger partial charge in [-0.25, -0.2) is 4.79 Å². The zero-order chi connectivity index (χ0) is 20.4. The molecule has 2 aromatic rings. The average molecular weight is 402 g/mol. The second-order valence-electron chi connectivity index (χ2n) is 6.43. The van der Waals surface area contributed by atoms with E-state index in [1.54, 1.807) is 38.1 Å². The summed E-state index contributed by atoms with van der Waals surface area (Å²) in [5, 5.41) is 0.618. The summed E-state index contributed by atoms with van der Waals surface area (Å²) < 4.78 is 15.9. The topological polar surface area (TPSA) is 78.1 Å². The third-order valence-electron chi connectivity index (χ3n) is 4.75. The summed E-state index contributed by atoms with van der Waals surface area (Å²) in [7, 11) is 2.59. The molecule has 7 heteroatoms. The molecule has 1 unspecified atom stereocenters. The summed E-state index contributed by atoms with van der Waals surface area (Å²) in [4.78, 5) is 29.4. The minimum atomic E-state index is -0.785. The van der Waals surface area contributed by atoms with Crippen molar-refractivity contribution in [1.29, 1.82) is 0 Å². The lowest BCUT2D eigenvalue weighted by atomic mass is 9.78. The molecule has 0 saturated heterocycles. The molecular formula is C21H20ClNO5. The minimum Gasteiger partial charge on any atom is -0.468 e. The maximum atomic E-state index is 12.5. The van der Waals surface area contributed by atoms with Crippen LogP contribution in [0.25, 0.3) is 11.3 Å². The van der Waals surface area contributed by atoms with Crippen LogP contribution in [0.15, 0.2) is 57.1 Å². The van der Waals surface area contributed by atoms with Gasteiger partial charge in [-0.05, 0) is 50.2 Å². The fourth-order valence-electron chi connectivity index (χ4n) is 3.44. The molecule has 0 spiro atoms. The van der Waals surface area contributed by atoms with Gasteiger partial charge in [0.25, 0.3) is 0 Å². The number of esters is 2. The van der Waals surface area contributed by atoms with E-state index in [-0.39, 0.29) is 5.57 Å². The lowest BCUT2D eigenvalue weighted by Crippen LogP contribution is -2.35. The number of nitrogens with zero attached hydrogens (tertiary/aromatic N) is 1. The Balaban J connectivity index is 2.11. The zero-order valence-electron chi connectivity index (χ0n) is 16.0. The van der Waals surface area contributed by atoms with Crippen LogP contribution in [0.4, 0.5) is 0 Å². The number of carbonyl (C=O) groups excluding carboxylic acids is 2. The highest BCUT2D eigenvalue weighted by molar-refractivity contribution is 6.30. The van der Waals surface area contributed by atoms with Crippen LogP contribution in [0.1, 0.15) is 25.5 Å². The Morgan fingerprint density at radius 3 is 2.32 bits per heavy atom. The number of furan rings is 1. The number of methoxy groups -OCH3 is 2. The van der Waals surface area contributed by atoms with Crippen LogP contribution < -0.4 is 0 Å². The van der Waals surface area contributed by atoms with Gasteiger partial charge in [0.05, 0.1) is 25.7 Å². The molecule has 1 aliphatic rings. The minimum absolute atomic E-state index is 0.278. The van der Waals surface area contributed by atoms with Gasteiger partial charge in [0.2, 0.25) is 0 Å². The molecule has 1 aromatic carbocycles. The van der Waals surface area contributed by atoms with Crippen molar-refractivity contribution in [3.8, 4) is 11.3 Å². The van der Waals surface area contributed by atoms with E-state index in [1.165, 1.54) is 14.2 Å². The predicted octanol–water partition coefficient (Wildman–Crippen LogP) is 4.39. The third-order valence-corrected chi connectivity index (χ3v) is 5.00. The highest BCUT2D eigenvalue weighted by Gasteiger charge is 2.43. The van der Waals surface area contributed by atoms with Crippen molar-refractivity contribution in [2.45, 2.75) is 19.8 Å². The van der Waals surface area contributed by atoms with Crippen LogP contribution in [-0.4, -0.2) is 31.9 Å². The Morgan fingerprint density at radius 2 is 1.71 bits per heavy atom. The Bertz CT molecular complexity index is 971. The van der Waals surface area contributed by atoms with Crippen LogP contribution in [-0.2, 0) is 19.1 Å². The normalized spacial score (nSPS) is 19.2. The highest BCUT2D eigenvalue weighted by atomic mass is 35.5. The van der Waals surface area contributed by atoms with Gasteiger partial charge in [-0.2, -0.15) is 0 Å². The van der Waals surface area contributed by atoms with Crippen molar-refractivity contribution in [1.82, 2.24) is 0 Å². The number of benzene rings is 1. The lowest BCUT2D eigenvalue weighted by molar-refractivity contribution is -0.144. The summed E-state index contributed by atoms with van der Waals surface area (Å²) in [5.74, 6) is -1.49. The largest absolute Gasteiger partial charge is 0.468 e. The van der Waals surface area contributed by atoms with Gasteiger partial charge >= 0.3 is 11.9 Å². The van der Waals surface area contributed by atoms with Crippen molar-refractivity contribution in [2.24, 2.45) is 10.9 Å². The van der Waals surface area contributed by atoms with Gasteiger partial charge in [0.15, 0.2) is 0 Å². The molecule has 28 heavy (non-hydrogen) atoms. The summed E-state index contributed by atoms with van der Waals surface area (Å²) in [6, 6.07) is 10.7. The molecule has 0 bridgehead atoms. The zero-order valence-corrected chi connectivity index (χ0v) is 16.7. The summed E-state index contributed by atoms with van der Waals surface area (Å²) in [6.07, 6.45) is 0. The van der Waals surface area contributed by atoms with E-state index < -0.39 is 23.8 Å². The SMILES string of the molecule is COC(=O)C1=C(C)N=C(C)C(C(=O)OC)[C@@H]1c1ccc(-c2ccc(Cl)cc2)o1. The number of rotatable bonds is 4. The Hall–Kier alpha value is -2.86. The van der Waals surface area contributed by atoms with Gasteiger partial charge in [0.1, 0.15) is 17.4 Å². The van der Waals surface area contributed by atoms with E-state index in [0.717, 1.165) is 5.56 Å². The molecule has 0 aliphatic carbocycles. The summed E-state index contributed by atoms with van der Waals surface area (Å²) in [5.41, 5.74) is 2.14. The van der Waals surface area contributed by atoms with Gasteiger partial charge < -0.3 is 13.9 Å². The molecule has 1 aromatic heterocycles. The van der Waals surface area contributed by atoms with E-state index in [1.807, 2.05) is 12.1 Å². The molecule has 0 amide bonds. The van der Waals surface area contributed by atoms with Crippen molar-refractivity contribution in [2.75, 3.05) is 14.2 Å². The standard InChI is InChI=1S/C21H20ClNO5/c1-11-17(20(24)26-3)19(18(12(2)23-11)21(25)27-4)16-10-9-15(28-16)13-5-7-14(22)8-6-13/h5-10,17,19H,1-4H3/t17?,19-/m0/s1. The van der Waals surface area contributed by atoms with Gasteiger partial charge in [0, 0.05) is 22.0 Å². The number of allylic oxidation sites excluding steroid dienone is 1. The second kappa shape index (κ2) is 8.02. The van der Waals surface area contributed by atoms with Crippen molar-refractivity contribution in [3.05, 3.63) is 58.5 Å². The summed E-state index contributed by atoms with van der Waals surface area (Å²) in [6.45, 7) is 3.44. The van der Waals surface area contributed by atoms with Gasteiger partial charge in [-0.1, -0.05) is 11.6 Å². The Morgan fingerprint density at radius 1 is 1.04 bits per heavy atom. The van der Waals surface area contributed by atoms with Crippen molar-refractivity contribution < 1.29 is 23.5 Å². The van der Waals surface area contributed by atoms with Crippen LogP contribution >= 0.6 is 11.6 Å². The summed E-state index contributed by atoms with van der Waals surface area (Å²) >= 11 is 5.95. The fourth-order valence-corrected chi connectivity index (χ4v) is 3.57. The maximum absolute atomic E-state index is 12.5. The molecule has 1 aliphatic heterocycles. The maximum Gasteiger partial charge on any atom is 0.336 e. The Kier molecular flexibility index (Phi) is 5.70. The number of ether oxygens (including phenoxy) is 2. The highest BCUT2D eigenvalue weighted by Crippen LogP contribution is 2.41. The number of hydrogen-bond acceptors (Lipinski definition) is 6. The number of aliphatic imine (C=N–C) groups is 1. The fraction of sp³-hybridized carbons (Fsp3) is 0.286. The molecule has 6 nitrogen and oxygen atoms in total. The lowest BCUT2D eigenvalue weighted by Gasteiger charge is -2.29. The van der Waals surface area contributed by atoms with E-state index in [4.69, 9.17) is 25.5 Å². The van der Waals surface area contributed by atoms with Crippen LogP contribution in [0, 0.1) is 5.92 Å². The predicted molar refractivity (Wildman–Crippen MR) is 105 cm³/mol. The van der Waals surface area contributed by atoms with Gasteiger partial charge in [-0.15, -0.1) is 0 Å². The molecule has 2 atom stereocenters. The first-order valence-corrected chi connectivity index (χ1v) is 9.03. The molecule has 0 saturated carbocycles. The second-order valence-corrected chi connectivity index (χ2v) is 6.87. The van der Waals surface area contributed by atoms with E-state index >= 15 is 0 Å². The third kappa shape index (κ3) is 3.60. The number of carbonyl (C=O) groups is 2. The number of halogens is 1. The number of hydrogen-bond donors (Lipinski definition) is 0. The van der Waals surface area contributed by atoms with E-state index in [9.17, 15) is 9.59 Å². The molecule has 2 heterocycles. The molecule has 3 rings (SSSR count). The monoisotopic (exact) mass is 401 g/mol. The molecule has 146 valence electrons. The smallest absolute Gasteiger partial charge is 0.336 e. The first-order valence-electron chi connectivity index (χ1n) is 8.65. The first kappa shape index (κ1) is 19.9. The quantitative estimate of drug-likeness (QED) is 0.710. The van der Waals surface area contributed by atoms with Crippen molar-refractivity contribution >= 4 is 29.3 Å².